The fraction of sp³-hybridized carbons (Fsp3) is 0.111. The van der Waals surface area contributed by atoms with Gasteiger partial charge >= 0.3 is 4.87 Å². The fourth-order valence-corrected chi connectivity index (χ4v) is 1.87. The summed E-state index contributed by atoms with van der Waals surface area (Å²) in [4.78, 5) is 14.6. The number of halogens is 2. The van der Waals surface area contributed by atoms with E-state index in [0.717, 1.165) is 11.3 Å². The molecule has 0 bridgehead atoms. The maximum atomic E-state index is 13.3. The molecule has 0 N–H and O–H groups in total. The minimum Gasteiger partial charge on any atom is -0.301 e. The van der Waals surface area contributed by atoms with Crippen LogP contribution in [0.2, 0.25) is 5.15 Å². The van der Waals surface area contributed by atoms with Crippen LogP contribution in [0.5, 0.6) is 0 Å². The zero-order valence-electron chi connectivity index (χ0n) is 7.48. The minimum absolute atomic E-state index is 0.105. The first kappa shape index (κ1) is 10.3. The lowest BCUT2D eigenvalue weighted by atomic mass is 10.3. The van der Waals surface area contributed by atoms with Crippen molar-refractivity contribution >= 4 is 22.9 Å². The van der Waals surface area contributed by atoms with E-state index in [9.17, 15) is 9.18 Å². The van der Waals surface area contributed by atoms with Gasteiger partial charge in [-0.25, -0.2) is 4.98 Å². The van der Waals surface area contributed by atoms with Crippen LogP contribution in [0.1, 0.15) is 5.56 Å². The number of thiazole rings is 1. The summed E-state index contributed by atoms with van der Waals surface area (Å²) in [7, 11) is 0. The summed E-state index contributed by atoms with van der Waals surface area (Å²) in [5.74, 6) is -0.638. The molecule has 0 spiro atoms. The molecule has 2 aromatic rings. The predicted octanol–water partition coefficient (Wildman–Crippen LogP) is 2.15. The Balaban J connectivity index is 2.33. The maximum Gasteiger partial charge on any atom is 0.307 e. The van der Waals surface area contributed by atoms with E-state index in [1.165, 1.54) is 16.7 Å². The molecule has 0 amide bonds. The van der Waals surface area contributed by atoms with Crippen molar-refractivity contribution in [3.05, 3.63) is 50.0 Å². The van der Waals surface area contributed by atoms with Crippen molar-refractivity contribution < 1.29 is 4.39 Å². The highest BCUT2D eigenvalue weighted by atomic mass is 35.5. The van der Waals surface area contributed by atoms with Crippen LogP contribution in [0.15, 0.2) is 28.5 Å². The molecule has 2 rings (SSSR count). The quantitative estimate of drug-likeness (QED) is 0.759. The van der Waals surface area contributed by atoms with Gasteiger partial charge in [0.15, 0.2) is 0 Å². The van der Waals surface area contributed by atoms with Gasteiger partial charge in [-0.05, 0) is 12.1 Å². The Morgan fingerprint density at radius 2 is 2.33 bits per heavy atom. The number of hydrogen-bond acceptors (Lipinski definition) is 3. The van der Waals surface area contributed by atoms with E-state index in [1.54, 1.807) is 11.6 Å². The Morgan fingerprint density at radius 1 is 1.53 bits per heavy atom. The molecule has 0 aliphatic heterocycles. The van der Waals surface area contributed by atoms with Gasteiger partial charge in [-0.3, -0.25) is 4.79 Å². The van der Waals surface area contributed by atoms with Gasteiger partial charge in [0.05, 0.1) is 6.54 Å². The molecule has 0 saturated carbocycles. The molecule has 0 saturated heterocycles. The van der Waals surface area contributed by atoms with E-state index >= 15 is 0 Å². The fourth-order valence-electron chi connectivity index (χ4n) is 1.15. The van der Waals surface area contributed by atoms with Crippen LogP contribution in [0, 0.1) is 5.95 Å². The third kappa shape index (κ3) is 2.24. The van der Waals surface area contributed by atoms with Crippen molar-refractivity contribution in [1.29, 1.82) is 0 Å². The Bertz CT molecular complexity index is 537. The Kier molecular flexibility index (Phi) is 2.83. The molecule has 78 valence electrons. The second-order valence-electron chi connectivity index (χ2n) is 2.88. The lowest BCUT2D eigenvalue weighted by molar-refractivity contribution is 0.558. The summed E-state index contributed by atoms with van der Waals surface area (Å²) >= 11 is 6.58. The Morgan fingerprint density at radius 3 is 2.93 bits per heavy atom. The zero-order chi connectivity index (χ0) is 10.8. The summed E-state index contributed by atoms with van der Waals surface area (Å²) in [6.07, 6.45) is 1.61. The molecule has 2 aromatic heterocycles. The van der Waals surface area contributed by atoms with E-state index < -0.39 is 5.95 Å². The molecule has 2 heterocycles. The molecule has 0 atom stereocenters. The summed E-state index contributed by atoms with van der Waals surface area (Å²) in [6, 6.07) is 3.02. The monoisotopic (exact) mass is 244 g/mol. The van der Waals surface area contributed by atoms with Gasteiger partial charge in [0.2, 0.25) is 5.95 Å². The molecule has 0 radical (unpaired) electrons. The summed E-state index contributed by atoms with van der Waals surface area (Å²) < 4.78 is 14.7. The van der Waals surface area contributed by atoms with Crippen molar-refractivity contribution in [2.45, 2.75) is 6.54 Å². The first-order valence-corrected chi connectivity index (χ1v) is 5.37. The summed E-state index contributed by atoms with van der Waals surface area (Å²) in [5, 5.41) is 1.76. The number of pyridine rings is 1. The van der Waals surface area contributed by atoms with E-state index in [-0.39, 0.29) is 16.6 Å². The highest BCUT2D eigenvalue weighted by Crippen LogP contribution is 2.11. The number of hydrogen-bond donors (Lipinski definition) is 0. The van der Waals surface area contributed by atoms with Crippen LogP contribution >= 0.6 is 22.9 Å². The van der Waals surface area contributed by atoms with Crippen molar-refractivity contribution in [2.24, 2.45) is 0 Å². The first-order valence-electron chi connectivity index (χ1n) is 4.11. The third-order valence-corrected chi connectivity index (χ3v) is 2.78. The van der Waals surface area contributed by atoms with Gasteiger partial charge < -0.3 is 4.57 Å². The van der Waals surface area contributed by atoms with E-state index in [0.29, 0.717) is 5.56 Å². The molecule has 15 heavy (non-hydrogen) atoms. The lowest BCUT2D eigenvalue weighted by Gasteiger charge is -2.02. The average molecular weight is 245 g/mol. The molecule has 0 fully saturated rings. The number of nitrogens with zero attached hydrogens (tertiary/aromatic N) is 2. The van der Waals surface area contributed by atoms with Crippen LogP contribution in [0.4, 0.5) is 4.39 Å². The Hall–Kier alpha value is -1.20. The smallest absolute Gasteiger partial charge is 0.301 e. The van der Waals surface area contributed by atoms with E-state index in [1.807, 2.05) is 0 Å². The van der Waals surface area contributed by atoms with Crippen LogP contribution in [-0.2, 0) is 6.54 Å². The third-order valence-electron chi connectivity index (χ3n) is 1.88. The van der Waals surface area contributed by atoms with Crippen molar-refractivity contribution in [1.82, 2.24) is 9.55 Å². The van der Waals surface area contributed by atoms with E-state index in [2.05, 4.69) is 4.98 Å². The predicted molar refractivity (Wildman–Crippen MR) is 56.9 cm³/mol. The highest BCUT2D eigenvalue weighted by molar-refractivity contribution is 7.07. The Labute approximate surface area is 93.8 Å². The van der Waals surface area contributed by atoms with Gasteiger partial charge in [0.1, 0.15) is 5.15 Å². The molecule has 6 heteroatoms. The zero-order valence-corrected chi connectivity index (χ0v) is 9.06. The van der Waals surface area contributed by atoms with E-state index in [4.69, 9.17) is 11.6 Å². The molecule has 0 aliphatic carbocycles. The van der Waals surface area contributed by atoms with Crippen molar-refractivity contribution in [3.8, 4) is 0 Å². The molecule has 3 nitrogen and oxygen atoms in total. The largest absolute Gasteiger partial charge is 0.307 e. The highest BCUT2D eigenvalue weighted by Gasteiger charge is 2.06. The van der Waals surface area contributed by atoms with Crippen LogP contribution in [0.25, 0.3) is 0 Å². The van der Waals surface area contributed by atoms with Crippen LogP contribution in [0.3, 0.4) is 0 Å². The molecular formula is C9H6ClFN2OS. The standard InChI is InChI=1S/C9H6ClFN2OS/c10-7-2-1-6(8(11)12-7)5-13-3-4-15-9(13)14/h1-4H,5H2. The second-order valence-corrected chi connectivity index (χ2v) is 4.13. The van der Waals surface area contributed by atoms with Crippen LogP contribution < -0.4 is 4.87 Å². The van der Waals surface area contributed by atoms with Gasteiger partial charge in [0, 0.05) is 17.1 Å². The van der Waals surface area contributed by atoms with Crippen molar-refractivity contribution in [2.75, 3.05) is 0 Å². The summed E-state index contributed by atoms with van der Waals surface area (Å²) in [5.41, 5.74) is 0.347. The van der Waals surface area contributed by atoms with Crippen molar-refractivity contribution in [3.63, 3.8) is 0 Å². The molecule has 0 unspecified atom stereocenters. The van der Waals surface area contributed by atoms with Crippen LogP contribution in [-0.4, -0.2) is 9.55 Å². The molecule has 0 aromatic carbocycles. The lowest BCUT2D eigenvalue weighted by Crippen LogP contribution is -2.13. The molecule has 0 aliphatic rings. The number of rotatable bonds is 2. The average Bonchev–Trinajstić information content (AvgIpc) is 2.57. The van der Waals surface area contributed by atoms with Gasteiger partial charge in [-0.2, -0.15) is 4.39 Å². The topological polar surface area (TPSA) is 34.9 Å². The normalized spacial score (nSPS) is 10.5. The molecular weight excluding hydrogens is 239 g/mol. The minimum atomic E-state index is -0.638. The second kappa shape index (κ2) is 4.12. The summed E-state index contributed by atoms with van der Waals surface area (Å²) in [6.45, 7) is 0.179. The van der Waals surface area contributed by atoms with Gasteiger partial charge in [0.25, 0.3) is 0 Å². The SMILES string of the molecule is O=c1sccn1Cc1ccc(Cl)nc1F. The first-order chi connectivity index (χ1) is 7.16. The maximum absolute atomic E-state index is 13.3. The van der Waals surface area contributed by atoms with Gasteiger partial charge in [-0.1, -0.05) is 22.9 Å². The number of aromatic nitrogens is 2. The van der Waals surface area contributed by atoms with Gasteiger partial charge in [-0.15, -0.1) is 0 Å².